The van der Waals surface area contributed by atoms with Crippen molar-refractivity contribution in [3.05, 3.63) is 0 Å². The minimum Gasteiger partial charge on any atom is -0.477 e. The zero-order valence-corrected chi connectivity index (χ0v) is 27.8. The highest BCUT2D eigenvalue weighted by atomic mass is 31.2. The lowest BCUT2D eigenvalue weighted by molar-refractivity contribution is -0.338. The molecule has 0 aliphatic carbocycles. The maximum Gasteiger partial charge on any atom is 0.471 e. The third-order valence-electron chi connectivity index (χ3n) is 7.55. The number of aliphatic hydroxyl groups excluding tert-OH is 6. The number of phosphoric ester groups is 3. The molecule has 50 heavy (non-hydrogen) atoms. The fraction of sp³-hybridized carbons (Fsp3) is 0.950. The molecule has 0 aromatic carbocycles. The van der Waals surface area contributed by atoms with E-state index < -0.39 is 147 Å². The van der Waals surface area contributed by atoms with Crippen LogP contribution in [0.4, 0.5) is 0 Å². The van der Waals surface area contributed by atoms with Crippen molar-refractivity contribution in [2.45, 2.75) is 97.9 Å². The first-order valence-corrected chi connectivity index (χ1v) is 18.6. The van der Waals surface area contributed by atoms with Gasteiger partial charge < -0.3 is 100 Å². The molecule has 17 N–H and O–H groups in total. The molecule has 3 rings (SSSR count). The predicted molar refractivity (Wildman–Crippen MR) is 149 cm³/mol. The van der Waals surface area contributed by atoms with E-state index in [9.17, 15) is 73.8 Å². The zero-order chi connectivity index (χ0) is 38.1. The summed E-state index contributed by atoms with van der Waals surface area (Å²) in [5.41, 5.74) is 11.5. The van der Waals surface area contributed by atoms with E-state index in [4.69, 9.17) is 44.9 Å². The van der Waals surface area contributed by atoms with Gasteiger partial charge in [0.2, 0.25) is 0 Å². The summed E-state index contributed by atoms with van der Waals surface area (Å²) in [6, 6.07) is -3.46. The van der Waals surface area contributed by atoms with E-state index in [-0.39, 0.29) is 0 Å². The van der Waals surface area contributed by atoms with Crippen LogP contribution in [0.3, 0.4) is 0 Å². The van der Waals surface area contributed by atoms with Crippen LogP contribution < -0.4 is 11.5 Å². The third-order valence-corrected chi connectivity index (χ3v) is 9.10. The molecule has 0 bridgehead atoms. The van der Waals surface area contributed by atoms with Crippen LogP contribution in [0.5, 0.6) is 0 Å². The summed E-state index contributed by atoms with van der Waals surface area (Å²) in [6.45, 7) is -3.28. The molecule has 0 saturated carbocycles. The number of aliphatic hydroxyl groups is 6. The number of carbonyl (C=O) groups is 1. The smallest absolute Gasteiger partial charge is 0.471 e. The van der Waals surface area contributed by atoms with E-state index in [2.05, 4.69) is 13.6 Å². The molecule has 0 aromatic rings. The Balaban J connectivity index is 1.88. The number of carboxylic acids is 1. The van der Waals surface area contributed by atoms with Crippen LogP contribution in [0.1, 0.15) is 6.42 Å². The van der Waals surface area contributed by atoms with Crippen molar-refractivity contribution in [3.63, 3.8) is 0 Å². The minimum absolute atomic E-state index is 0.878. The highest BCUT2D eigenvalue weighted by Crippen LogP contribution is 2.45. The maximum atomic E-state index is 12.4. The molecule has 294 valence electrons. The molecule has 3 saturated heterocycles. The second kappa shape index (κ2) is 16.7. The van der Waals surface area contributed by atoms with E-state index in [1.165, 1.54) is 0 Å². The highest BCUT2D eigenvalue weighted by molar-refractivity contribution is 7.46. The van der Waals surface area contributed by atoms with E-state index in [1.54, 1.807) is 0 Å². The van der Waals surface area contributed by atoms with Gasteiger partial charge in [0.25, 0.3) is 5.79 Å². The molecule has 30 heteroatoms. The van der Waals surface area contributed by atoms with Crippen molar-refractivity contribution in [1.82, 2.24) is 0 Å². The quantitative estimate of drug-likeness (QED) is 0.0684. The Kier molecular flexibility index (Phi) is 14.6. The minimum atomic E-state index is -5.51. The summed E-state index contributed by atoms with van der Waals surface area (Å²) in [6.07, 6.45) is -25.5. The standard InChI is InChI=1S/C20H39N2O25P3/c21-9-13(27)11(25)7(42-18(9)47-50(37,38)39)3-40-17-10(22)14(28)16(46-49(34,35)36)8(43-17)4-41-20(19(29)30)1-6(45-48(31,32)33)12(26)15(44-20)5(24)2-23/h5-18,23-28H,1-4,21-22H2,(H,29,30)(H2,31,32,33)(H2,34,35,36)(H2,37,38,39)/t5-,6-,7-,8-,9-,10-,11-,12-,13-,14-,15-,16-,17-,18-,20-/m1/s1. The van der Waals surface area contributed by atoms with E-state index in [0.717, 1.165) is 0 Å². The number of carboxylic acid groups (broad SMARTS) is 1. The molecule has 3 heterocycles. The SMILES string of the molecule is N[C@H]1[C@@H](OP(=O)(O)O)O[C@H](CO[C@@H]2O[C@H](CO[C@]3(C(=O)O)C[C@@H](OP(=O)(O)O)[C@@H](O)[C@@H]([C@H](O)CO)O3)[C@@H](OP(=O)(O)O)[C@H](O)[C@H]2N)[C@@H](O)[C@@H]1O. The summed E-state index contributed by atoms with van der Waals surface area (Å²) >= 11 is 0. The van der Waals surface area contributed by atoms with Crippen molar-refractivity contribution in [3.8, 4) is 0 Å². The second-order valence-electron chi connectivity index (χ2n) is 11.2. The Morgan fingerprint density at radius 1 is 0.780 bits per heavy atom. The Labute approximate surface area is 279 Å². The fourth-order valence-corrected chi connectivity index (χ4v) is 6.74. The molecular formula is C20H39N2O25P3. The van der Waals surface area contributed by atoms with Crippen molar-refractivity contribution in [1.29, 1.82) is 0 Å². The average molecular weight is 800 g/mol. The van der Waals surface area contributed by atoms with Gasteiger partial charge in [0.15, 0.2) is 12.6 Å². The number of phosphoric acid groups is 3. The summed E-state index contributed by atoms with van der Waals surface area (Å²) in [5, 5.41) is 71.5. The second-order valence-corrected chi connectivity index (χ2v) is 14.8. The first-order chi connectivity index (χ1) is 22.8. The molecule has 3 aliphatic heterocycles. The molecule has 0 amide bonds. The zero-order valence-electron chi connectivity index (χ0n) is 25.1. The Morgan fingerprint density at radius 3 is 1.84 bits per heavy atom. The number of hydrogen-bond acceptors (Lipinski definition) is 20. The van der Waals surface area contributed by atoms with Crippen molar-refractivity contribution in [2.24, 2.45) is 11.5 Å². The van der Waals surface area contributed by atoms with Crippen LogP contribution >= 0.6 is 23.5 Å². The molecular weight excluding hydrogens is 761 g/mol. The number of nitrogens with two attached hydrogens (primary N) is 2. The number of rotatable bonds is 15. The molecule has 0 spiro atoms. The third kappa shape index (κ3) is 11.2. The van der Waals surface area contributed by atoms with Crippen molar-refractivity contribution >= 4 is 29.4 Å². The summed E-state index contributed by atoms with van der Waals surface area (Å²) < 4.78 is 74.6. The van der Waals surface area contributed by atoms with E-state index in [0.29, 0.717) is 0 Å². The van der Waals surface area contributed by atoms with Crippen LogP contribution in [-0.2, 0) is 55.7 Å². The van der Waals surface area contributed by atoms with Gasteiger partial charge >= 0.3 is 29.4 Å². The van der Waals surface area contributed by atoms with Gasteiger partial charge in [-0.25, -0.2) is 18.5 Å². The van der Waals surface area contributed by atoms with Gasteiger partial charge in [-0.2, -0.15) is 0 Å². The van der Waals surface area contributed by atoms with Crippen molar-refractivity contribution in [2.75, 3.05) is 19.8 Å². The largest absolute Gasteiger partial charge is 0.477 e. The van der Waals surface area contributed by atoms with Crippen LogP contribution in [-0.4, -0.2) is 182 Å². The van der Waals surface area contributed by atoms with E-state index >= 15 is 0 Å². The number of aliphatic carboxylic acids is 1. The number of ether oxygens (including phenoxy) is 5. The monoisotopic (exact) mass is 800 g/mol. The molecule has 3 aliphatic rings. The van der Waals surface area contributed by atoms with Crippen LogP contribution in [0.2, 0.25) is 0 Å². The van der Waals surface area contributed by atoms with Crippen LogP contribution in [0.15, 0.2) is 0 Å². The lowest BCUT2D eigenvalue weighted by atomic mass is 9.92. The maximum absolute atomic E-state index is 12.4. The lowest BCUT2D eigenvalue weighted by Crippen LogP contribution is -2.66. The molecule has 0 radical (unpaired) electrons. The molecule has 0 unspecified atom stereocenters. The van der Waals surface area contributed by atoms with Crippen LogP contribution in [0, 0.1) is 0 Å². The topological polar surface area (TPSA) is 457 Å². The fourth-order valence-electron chi connectivity index (χ4n) is 5.15. The Bertz CT molecular complexity index is 1300. The summed E-state index contributed by atoms with van der Waals surface area (Å²) in [4.78, 5) is 68.1. The van der Waals surface area contributed by atoms with Gasteiger partial charge in [-0.1, -0.05) is 0 Å². The first kappa shape index (κ1) is 43.7. The van der Waals surface area contributed by atoms with Gasteiger partial charge in [-0.3, -0.25) is 13.6 Å². The van der Waals surface area contributed by atoms with Gasteiger partial charge in [0, 0.05) is 6.42 Å². The molecule has 27 nitrogen and oxygen atoms in total. The van der Waals surface area contributed by atoms with Gasteiger partial charge in [-0.15, -0.1) is 0 Å². The molecule has 15 atom stereocenters. The first-order valence-electron chi connectivity index (χ1n) is 14.0. The van der Waals surface area contributed by atoms with E-state index in [1.807, 2.05) is 0 Å². The van der Waals surface area contributed by atoms with Gasteiger partial charge in [0.05, 0.1) is 31.9 Å². The Morgan fingerprint density at radius 2 is 1.32 bits per heavy atom. The molecule has 0 aromatic heterocycles. The predicted octanol–water partition coefficient (Wildman–Crippen LogP) is -7.44. The summed E-state index contributed by atoms with van der Waals surface area (Å²) in [7, 11) is -16.2. The molecule has 3 fully saturated rings. The lowest BCUT2D eigenvalue weighted by Gasteiger charge is -2.47. The van der Waals surface area contributed by atoms with Crippen LogP contribution in [0.25, 0.3) is 0 Å². The number of hydrogen-bond donors (Lipinski definition) is 15. The highest BCUT2D eigenvalue weighted by Gasteiger charge is 2.58. The Hall–Kier alpha value is -0.720. The normalized spacial score (nSPS) is 41.1. The summed E-state index contributed by atoms with van der Waals surface area (Å²) in [5.74, 6) is -5.21. The average Bonchev–Trinajstić information content (AvgIpc) is 2.98. The van der Waals surface area contributed by atoms with Gasteiger partial charge in [0.1, 0.15) is 61.0 Å². The van der Waals surface area contributed by atoms with Gasteiger partial charge in [-0.05, 0) is 0 Å². The van der Waals surface area contributed by atoms with Crippen molar-refractivity contribution < 1.29 is 121 Å².